The van der Waals surface area contributed by atoms with Crippen molar-refractivity contribution in [2.24, 2.45) is 5.10 Å². The van der Waals surface area contributed by atoms with E-state index in [1.807, 2.05) is 45.9 Å². The van der Waals surface area contributed by atoms with Gasteiger partial charge in [-0.05, 0) is 57.4 Å². The maximum Gasteiger partial charge on any atom is 0.343 e. The number of fused-ring (bicyclic) bond motifs is 5. The van der Waals surface area contributed by atoms with E-state index in [2.05, 4.69) is 5.10 Å². The van der Waals surface area contributed by atoms with E-state index in [0.717, 1.165) is 28.5 Å². The van der Waals surface area contributed by atoms with Crippen molar-refractivity contribution in [3.05, 3.63) is 56.9 Å². The minimum absolute atomic E-state index is 0.0853. The molecule has 2 aliphatic rings. The van der Waals surface area contributed by atoms with E-state index >= 15 is 0 Å². The number of cyclic esters (lactones) is 1. The number of hydroxylamine groups is 1. The summed E-state index contributed by atoms with van der Waals surface area (Å²) >= 11 is 0. The van der Waals surface area contributed by atoms with Gasteiger partial charge in [0.15, 0.2) is 5.60 Å². The second-order valence-electron chi connectivity index (χ2n) is 11.2. The summed E-state index contributed by atoms with van der Waals surface area (Å²) in [5.74, 6) is -0.0979. The Morgan fingerprint density at radius 1 is 1.24 bits per heavy atom. The number of aromatic nitrogens is 2. The van der Waals surface area contributed by atoms with Crippen LogP contribution >= 0.6 is 0 Å². The largest absolute Gasteiger partial charge is 0.493 e. The Morgan fingerprint density at radius 2 is 2.02 bits per heavy atom. The molecule has 0 bridgehead atoms. The molecule has 0 saturated carbocycles. The number of carbonyl (C=O) groups is 1. The van der Waals surface area contributed by atoms with Crippen LogP contribution in [0.15, 0.2) is 34.2 Å². The van der Waals surface area contributed by atoms with E-state index in [4.69, 9.17) is 19.3 Å². The molecule has 1 N–H and O–H groups in total. The molecule has 11 heteroatoms. The van der Waals surface area contributed by atoms with Crippen LogP contribution in [0.25, 0.3) is 22.3 Å². The first-order valence-electron chi connectivity index (χ1n) is 13.8. The van der Waals surface area contributed by atoms with Crippen molar-refractivity contribution in [3.8, 4) is 17.1 Å². The molecule has 0 amide bonds. The maximum atomic E-state index is 13.5. The molecule has 0 saturated heterocycles. The highest BCUT2D eigenvalue weighted by molar-refractivity contribution is 5.91. The minimum atomic E-state index is -1.87. The summed E-state index contributed by atoms with van der Waals surface area (Å²) in [5.41, 5.74) is 1.72. The third kappa shape index (κ3) is 5.12. The molecule has 11 nitrogen and oxygen atoms in total. The normalized spacial score (nSPS) is 17.4. The second kappa shape index (κ2) is 10.7. The van der Waals surface area contributed by atoms with Gasteiger partial charge in [0.25, 0.3) is 11.6 Å². The van der Waals surface area contributed by atoms with Crippen molar-refractivity contribution < 1.29 is 29.0 Å². The maximum absolute atomic E-state index is 13.5. The molecule has 3 aromatic rings. The van der Waals surface area contributed by atoms with Crippen LogP contribution in [0.4, 0.5) is 0 Å². The molecule has 0 spiro atoms. The molecule has 2 aromatic heterocycles. The van der Waals surface area contributed by atoms with Crippen LogP contribution in [-0.4, -0.2) is 50.6 Å². The van der Waals surface area contributed by atoms with Gasteiger partial charge in [-0.15, -0.1) is 0 Å². The number of rotatable bonds is 9. The van der Waals surface area contributed by atoms with E-state index in [1.54, 1.807) is 17.6 Å². The van der Waals surface area contributed by atoms with Crippen LogP contribution in [0.3, 0.4) is 0 Å². The first kappa shape index (κ1) is 28.5. The third-order valence-electron chi connectivity index (χ3n) is 7.38. The van der Waals surface area contributed by atoms with E-state index in [0.29, 0.717) is 48.8 Å². The molecule has 0 aliphatic carbocycles. The van der Waals surface area contributed by atoms with E-state index < -0.39 is 17.2 Å². The number of nitrogens with zero attached hydrogens (tertiary/aromatic N) is 4. The summed E-state index contributed by atoms with van der Waals surface area (Å²) in [6.45, 7) is 10.1. The SMILES string of the molecule is CCc1ccc(OCCCN(N=C=O)OC(C)(C)C)c2cc3c(nc12)-c1cc2c(c(=O)n1C3)COC(=O)[C@]2(O)CC. The number of isocyanates is 1. The Morgan fingerprint density at radius 3 is 2.71 bits per heavy atom. The lowest BCUT2D eigenvalue weighted by Gasteiger charge is -2.31. The summed E-state index contributed by atoms with van der Waals surface area (Å²) in [6.07, 6.45) is 2.87. The molecular weight excluding hydrogens is 528 g/mol. The first-order valence-corrected chi connectivity index (χ1v) is 13.8. The number of esters is 1. The molecular formula is C30H34N4O7. The number of aryl methyl sites for hydroxylation is 1. The first-order chi connectivity index (χ1) is 19.5. The molecule has 5 rings (SSSR count). The lowest BCUT2D eigenvalue weighted by Crippen LogP contribution is -2.44. The Hall–Kier alpha value is -4.05. The second-order valence-corrected chi connectivity index (χ2v) is 11.2. The van der Waals surface area contributed by atoms with Crippen molar-refractivity contribution in [2.75, 3.05) is 13.2 Å². The van der Waals surface area contributed by atoms with Gasteiger partial charge in [-0.25, -0.2) is 14.6 Å². The zero-order valence-electron chi connectivity index (χ0n) is 23.9. The fourth-order valence-corrected chi connectivity index (χ4v) is 5.37. The number of hydrogen-bond donors (Lipinski definition) is 1. The highest BCUT2D eigenvalue weighted by Gasteiger charge is 2.45. The zero-order chi connectivity index (χ0) is 29.5. The standard InChI is InChI=1S/C30H34N4O7/c1-6-18-9-10-24(39-12-8-11-34(31-17-35)41-29(3,4)5)20-13-19-15-33-23(26(19)32-25(18)20)14-22-21(27(33)36)16-40-28(37)30(22,38)7-2/h9-10,13-14,38H,6-8,11-12,15-16H2,1-5H3/t30-/m0/s1. The summed E-state index contributed by atoms with van der Waals surface area (Å²) in [4.78, 5) is 47.4. The monoisotopic (exact) mass is 562 g/mol. The number of ether oxygens (including phenoxy) is 2. The van der Waals surface area contributed by atoms with Crippen molar-refractivity contribution in [3.63, 3.8) is 0 Å². The third-order valence-corrected chi connectivity index (χ3v) is 7.38. The summed E-state index contributed by atoms with van der Waals surface area (Å²) < 4.78 is 12.9. The van der Waals surface area contributed by atoms with Crippen molar-refractivity contribution in [2.45, 2.75) is 78.2 Å². The molecule has 216 valence electrons. The van der Waals surface area contributed by atoms with Gasteiger partial charge in [-0.2, -0.15) is 5.17 Å². The molecule has 2 aliphatic heterocycles. The van der Waals surface area contributed by atoms with Gasteiger partial charge in [0.2, 0.25) is 0 Å². The number of pyridine rings is 2. The highest BCUT2D eigenvalue weighted by atomic mass is 16.7. The predicted octanol–water partition coefficient (Wildman–Crippen LogP) is 3.69. The number of benzene rings is 1. The highest BCUT2D eigenvalue weighted by Crippen LogP contribution is 2.40. The Labute approximate surface area is 237 Å². The van der Waals surface area contributed by atoms with Gasteiger partial charge in [-0.3, -0.25) is 9.63 Å². The lowest BCUT2D eigenvalue weighted by atomic mass is 9.86. The van der Waals surface area contributed by atoms with Gasteiger partial charge < -0.3 is 19.1 Å². The van der Waals surface area contributed by atoms with E-state index in [9.17, 15) is 19.5 Å². The van der Waals surface area contributed by atoms with Crippen LogP contribution in [0.2, 0.25) is 0 Å². The quantitative estimate of drug-likeness (QED) is 0.107. The lowest BCUT2D eigenvalue weighted by molar-refractivity contribution is -0.229. The Kier molecular flexibility index (Phi) is 7.46. The Bertz CT molecular complexity index is 1630. The molecule has 4 heterocycles. The molecule has 0 unspecified atom stereocenters. The van der Waals surface area contributed by atoms with Crippen LogP contribution in [-0.2, 0) is 44.3 Å². The van der Waals surface area contributed by atoms with Crippen molar-refractivity contribution in [1.29, 1.82) is 0 Å². The average molecular weight is 563 g/mol. The van der Waals surface area contributed by atoms with Crippen LogP contribution in [0.5, 0.6) is 5.75 Å². The number of aliphatic hydroxyl groups is 1. The van der Waals surface area contributed by atoms with Gasteiger partial charge in [-0.1, -0.05) is 25.0 Å². The fourth-order valence-electron chi connectivity index (χ4n) is 5.37. The van der Waals surface area contributed by atoms with Gasteiger partial charge >= 0.3 is 5.97 Å². The van der Waals surface area contributed by atoms with Gasteiger partial charge in [0, 0.05) is 22.9 Å². The van der Waals surface area contributed by atoms with Crippen molar-refractivity contribution in [1.82, 2.24) is 14.7 Å². The summed E-state index contributed by atoms with van der Waals surface area (Å²) in [5, 5.41) is 16.8. The van der Waals surface area contributed by atoms with Crippen LogP contribution in [0, 0.1) is 0 Å². The predicted molar refractivity (Wildman–Crippen MR) is 150 cm³/mol. The fraction of sp³-hybridized carbons (Fsp3) is 0.467. The summed E-state index contributed by atoms with van der Waals surface area (Å²) in [7, 11) is 0. The number of carbonyl (C=O) groups excluding carboxylic acids is 2. The molecule has 1 aromatic carbocycles. The molecule has 1 atom stereocenters. The topological polar surface area (TPSA) is 133 Å². The average Bonchev–Trinajstić information content (AvgIpc) is 3.29. The minimum Gasteiger partial charge on any atom is -0.493 e. The zero-order valence-corrected chi connectivity index (χ0v) is 23.9. The summed E-state index contributed by atoms with van der Waals surface area (Å²) in [6, 6.07) is 7.60. The Balaban J connectivity index is 1.48. The van der Waals surface area contributed by atoms with Crippen LogP contribution < -0.4 is 10.3 Å². The molecule has 41 heavy (non-hydrogen) atoms. The molecule has 0 fully saturated rings. The van der Waals surface area contributed by atoms with Gasteiger partial charge in [0.05, 0.1) is 47.8 Å². The van der Waals surface area contributed by atoms with Crippen LogP contribution in [0.1, 0.15) is 69.7 Å². The van der Waals surface area contributed by atoms with Gasteiger partial charge in [0.1, 0.15) is 12.4 Å². The number of hydrogen-bond acceptors (Lipinski definition) is 10. The molecule has 0 radical (unpaired) electrons. The van der Waals surface area contributed by atoms with E-state index in [1.165, 1.54) is 11.3 Å². The smallest absolute Gasteiger partial charge is 0.343 e. The number of hydrazone groups is 1. The van der Waals surface area contributed by atoms with E-state index in [-0.39, 0.29) is 24.2 Å². The van der Waals surface area contributed by atoms with Crippen molar-refractivity contribution >= 4 is 23.0 Å².